The zero-order valence-electron chi connectivity index (χ0n) is 17.6. The molecule has 0 atom stereocenters. The maximum Gasteiger partial charge on any atom is 0.243 e. The van der Waals surface area contributed by atoms with Crippen LogP contribution in [0.4, 0.5) is 4.39 Å². The van der Waals surface area contributed by atoms with E-state index in [0.717, 1.165) is 23.4 Å². The number of piperazine rings is 1. The number of hydrogen-bond acceptors (Lipinski definition) is 5. The summed E-state index contributed by atoms with van der Waals surface area (Å²) in [6.07, 6.45) is 1.08. The van der Waals surface area contributed by atoms with Crippen LogP contribution in [0.15, 0.2) is 53.4 Å². The van der Waals surface area contributed by atoms with Gasteiger partial charge < -0.3 is 10.1 Å². The molecule has 0 aromatic heterocycles. The lowest BCUT2D eigenvalue weighted by atomic mass is 10.1. The van der Waals surface area contributed by atoms with Crippen LogP contribution >= 0.6 is 0 Å². The van der Waals surface area contributed by atoms with Gasteiger partial charge in [0.25, 0.3) is 0 Å². The predicted molar refractivity (Wildman–Crippen MR) is 116 cm³/mol. The van der Waals surface area contributed by atoms with Gasteiger partial charge in [0.1, 0.15) is 11.6 Å². The van der Waals surface area contributed by atoms with Gasteiger partial charge in [-0.3, -0.25) is 9.69 Å². The molecule has 1 fully saturated rings. The summed E-state index contributed by atoms with van der Waals surface area (Å²) < 4.78 is 44.9. The lowest BCUT2D eigenvalue weighted by Crippen LogP contribution is -2.50. The molecule has 31 heavy (non-hydrogen) atoms. The third-order valence-electron chi connectivity index (χ3n) is 5.33. The number of nitrogens with zero attached hydrogens (tertiary/aromatic N) is 2. The normalized spacial score (nSPS) is 15.5. The predicted octanol–water partition coefficient (Wildman–Crippen LogP) is 1.89. The minimum atomic E-state index is -3.61. The van der Waals surface area contributed by atoms with Gasteiger partial charge in [-0.15, -0.1) is 0 Å². The topological polar surface area (TPSA) is 79.0 Å². The highest BCUT2D eigenvalue weighted by Gasteiger charge is 2.28. The average Bonchev–Trinajstić information content (AvgIpc) is 2.78. The second-order valence-electron chi connectivity index (χ2n) is 7.40. The van der Waals surface area contributed by atoms with E-state index in [9.17, 15) is 17.6 Å². The number of rotatable bonds is 9. The van der Waals surface area contributed by atoms with Crippen molar-refractivity contribution in [3.05, 3.63) is 59.9 Å². The van der Waals surface area contributed by atoms with E-state index in [0.29, 0.717) is 52.1 Å². The Kier molecular flexibility index (Phi) is 8.00. The minimum absolute atomic E-state index is 0.00617. The quantitative estimate of drug-likeness (QED) is 0.633. The maximum atomic E-state index is 13.1. The molecule has 0 spiro atoms. The van der Waals surface area contributed by atoms with Gasteiger partial charge >= 0.3 is 0 Å². The van der Waals surface area contributed by atoms with E-state index in [2.05, 4.69) is 10.2 Å². The lowest BCUT2D eigenvalue weighted by molar-refractivity contribution is -0.121. The van der Waals surface area contributed by atoms with Gasteiger partial charge in [0.05, 0.1) is 12.0 Å². The first-order chi connectivity index (χ1) is 14.9. The number of benzene rings is 2. The number of methoxy groups -OCH3 is 1. The van der Waals surface area contributed by atoms with Crippen LogP contribution in [0.2, 0.25) is 0 Å². The lowest BCUT2D eigenvalue weighted by Gasteiger charge is -2.33. The Balaban J connectivity index is 1.36. The standard InChI is InChI=1S/C22H28FN3O4S/c1-30-20-7-2-18(3-8-20)4-11-22(27)24-12-13-25-14-16-26(17-15-25)31(28,29)21-9-5-19(23)6-10-21/h2-3,5-10H,4,11-17H2,1H3,(H,24,27). The molecule has 1 saturated heterocycles. The molecule has 1 aliphatic heterocycles. The Morgan fingerprint density at radius 3 is 2.29 bits per heavy atom. The molecule has 1 amide bonds. The fraction of sp³-hybridized carbons (Fsp3) is 0.409. The van der Waals surface area contributed by atoms with E-state index < -0.39 is 15.8 Å². The molecule has 0 saturated carbocycles. The Labute approximate surface area is 182 Å². The molecular formula is C22H28FN3O4S. The van der Waals surface area contributed by atoms with Gasteiger partial charge in [0.15, 0.2) is 0 Å². The Hall–Kier alpha value is -2.49. The van der Waals surface area contributed by atoms with Gasteiger partial charge in [-0.2, -0.15) is 4.31 Å². The first-order valence-corrected chi connectivity index (χ1v) is 11.7. The fourth-order valence-corrected chi connectivity index (χ4v) is 4.86. The van der Waals surface area contributed by atoms with Crippen LogP contribution < -0.4 is 10.1 Å². The van der Waals surface area contributed by atoms with E-state index in [1.54, 1.807) is 7.11 Å². The molecule has 0 radical (unpaired) electrons. The van der Waals surface area contributed by atoms with E-state index in [4.69, 9.17) is 4.74 Å². The number of hydrogen-bond donors (Lipinski definition) is 1. The molecule has 0 aliphatic carbocycles. The van der Waals surface area contributed by atoms with Crippen LogP contribution in [-0.4, -0.2) is 69.9 Å². The zero-order chi connectivity index (χ0) is 22.3. The first kappa shape index (κ1) is 23.2. The average molecular weight is 450 g/mol. The summed E-state index contributed by atoms with van der Waals surface area (Å²) in [6.45, 7) is 3.09. The number of aryl methyl sites for hydroxylation is 1. The fourth-order valence-electron chi connectivity index (χ4n) is 3.44. The van der Waals surface area contributed by atoms with Crippen LogP contribution in [0.5, 0.6) is 5.75 Å². The van der Waals surface area contributed by atoms with Crippen molar-refractivity contribution >= 4 is 15.9 Å². The second kappa shape index (κ2) is 10.7. The summed E-state index contributed by atoms with van der Waals surface area (Å²) in [5, 5.41) is 2.92. The molecule has 0 bridgehead atoms. The molecule has 7 nitrogen and oxygen atoms in total. The first-order valence-electron chi connectivity index (χ1n) is 10.3. The number of carbonyl (C=O) groups excluding carboxylic acids is 1. The van der Waals surface area contributed by atoms with E-state index >= 15 is 0 Å². The Bertz CT molecular complexity index is 957. The number of amides is 1. The molecule has 0 unspecified atom stereocenters. The zero-order valence-corrected chi connectivity index (χ0v) is 18.4. The van der Waals surface area contributed by atoms with Gasteiger partial charge in [-0.1, -0.05) is 12.1 Å². The van der Waals surface area contributed by atoms with Gasteiger partial charge in [-0.25, -0.2) is 12.8 Å². The van der Waals surface area contributed by atoms with Crippen LogP contribution in [-0.2, 0) is 21.2 Å². The van der Waals surface area contributed by atoms with Crippen molar-refractivity contribution in [3.8, 4) is 5.75 Å². The Morgan fingerprint density at radius 1 is 1.03 bits per heavy atom. The highest BCUT2D eigenvalue weighted by molar-refractivity contribution is 7.89. The number of halogens is 1. The van der Waals surface area contributed by atoms with Crippen LogP contribution in [0, 0.1) is 5.82 Å². The third-order valence-corrected chi connectivity index (χ3v) is 7.25. The summed E-state index contributed by atoms with van der Waals surface area (Å²) in [5.74, 6) is 0.321. The molecule has 1 aliphatic rings. The second-order valence-corrected chi connectivity index (χ2v) is 9.34. The number of sulfonamides is 1. The summed E-state index contributed by atoms with van der Waals surface area (Å²) in [7, 11) is -1.99. The highest BCUT2D eigenvalue weighted by Crippen LogP contribution is 2.18. The van der Waals surface area contributed by atoms with Crippen molar-refractivity contribution < 1.29 is 22.3 Å². The molecule has 3 rings (SSSR count). The van der Waals surface area contributed by atoms with E-state index in [1.807, 2.05) is 24.3 Å². The van der Waals surface area contributed by atoms with Crippen molar-refractivity contribution in [2.75, 3.05) is 46.4 Å². The van der Waals surface area contributed by atoms with Gasteiger partial charge in [0, 0.05) is 45.7 Å². The van der Waals surface area contributed by atoms with Crippen molar-refractivity contribution in [2.45, 2.75) is 17.7 Å². The monoisotopic (exact) mass is 449 g/mol. The molecule has 9 heteroatoms. The molecule has 2 aromatic carbocycles. The SMILES string of the molecule is COc1ccc(CCC(=O)NCCN2CCN(S(=O)(=O)c3ccc(F)cc3)CC2)cc1. The third kappa shape index (κ3) is 6.49. The van der Waals surface area contributed by atoms with Crippen molar-refractivity contribution in [1.82, 2.24) is 14.5 Å². The Morgan fingerprint density at radius 2 is 1.68 bits per heavy atom. The number of nitrogens with one attached hydrogen (secondary N) is 1. The van der Waals surface area contributed by atoms with Crippen LogP contribution in [0.25, 0.3) is 0 Å². The largest absolute Gasteiger partial charge is 0.497 e. The summed E-state index contributed by atoms with van der Waals surface area (Å²) >= 11 is 0. The molecule has 1 N–H and O–H groups in total. The number of ether oxygens (including phenoxy) is 1. The van der Waals surface area contributed by atoms with Gasteiger partial charge in [-0.05, 0) is 48.4 Å². The highest BCUT2D eigenvalue weighted by atomic mass is 32.2. The van der Waals surface area contributed by atoms with Crippen molar-refractivity contribution in [3.63, 3.8) is 0 Å². The van der Waals surface area contributed by atoms with E-state index in [1.165, 1.54) is 16.4 Å². The smallest absolute Gasteiger partial charge is 0.243 e. The summed E-state index contributed by atoms with van der Waals surface area (Å²) in [6, 6.07) is 12.5. The molecular weight excluding hydrogens is 421 g/mol. The van der Waals surface area contributed by atoms with Crippen molar-refractivity contribution in [2.24, 2.45) is 0 Å². The van der Waals surface area contributed by atoms with Crippen LogP contribution in [0.1, 0.15) is 12.0 Å². The maximum absolute atomic E-state index is 13.1. The van der Waals surface area contributed by atoms with E-state index in [-0.39, 0.29) is 10.8 Å². The molecule has 2 aromatic rings. The summed E-state index contributed by atoms with van der Waals surface area (Å²) in [4.78, 5) is 14.3. The molecule has 168 valence electrons. The molecule has 1 heterocycles. The summed E-state index contributed by atoms with van der Waals surface area (Å²) in [5.41, 5.74) is 1.08. The van der Waals surface area contributed by atoms with Gasteiger partial charge in [0.2, 0.25) is 15.9 Å². The van der Waals surface area contributed by atoms with Crippen LogP contribution in [0.3, 0.4) is 0 Å². The number of carbonyl (C=O) groups is 1. The van der Waals surface area contributed by atoms with Crippen molar-refractivity contribution in [1.29, 1.82) is 0 Å². The minimum Gasteiger partial charge on any atom is -0.497 e.